The van der Waals surface area contributed by atoms with Crippen LogP contribution in [0.3, 0.4) is 0 Å². The number of carbonyl (C=O) groups excluding carboxylic acids is 1. The lowest BCUT2D eigenvalue weighted by atomic mass is 10.1. The zero-order valence-electron chi connectivity index (χ0n) is 11.7. The van der Waals surface area contributed by atoms with Crippen molar-refractivity contribution in [3.63, 3.8) is 0 Å². The molecule has 21 heavy (non-hydrogen) atoms. The largest absolute Gasteiger partial charge is 0.481 e. The van der Waals surface area contributed by atoms with Crippen molar-refractivity contribution in [2.75, 3.05) is 6.54 Å². The SMILES string of the molecule is Cc1ccc(-c2cc(C(=O)NCCCC(=O)O)[nH]n2)cc1. The summed E-state index contributed by atoms with van der Waals surface area (Å²) in [6, 6.07) is 9.53. The van der Waals surface area contributed by atoms with Crippen LogP contribution in [0.5, 0.6) is 0 Å². The average Bonchev–Trinajstić information content (AvgIpc) is 2.94. The first-order valence-electron chi connectivity index (χ1n) is 6.68. The van der Waals surface area contributed by atoms with Gasteiger partial charge in [0.1, 0.15) is 5.69 Å². The minimum atomic E-state index is -0.868. The summed E-state index contributed by atoms with van der Waals surface area (Å²) in [6.07, 6.45) is 0.442. The Bertz CT molecular complexity index is 632. The molecule has 0 aliphatic heterocycles. The molecule has 2 rings (SSSR count). The molecule has 0 bridgehead atoms. The highest BCUT2D eigenvalue weighted by molar-refractivity contribution is 5.93. The van der Waals surface area contributed by atoms with Gasteiger partial charge < -0.3 is 10.4 Å². The van der Waals surface area contributed by atoms with Crippen molar-refractivity contribution in [2.45, 2.75) is 19.8 Å². The Balaban J connectivity index is 1.94. The zero-order valence-corrected chi connectivity index (χ0v) is 11.7. The number of hydrogen-bond donors (Lipinski definition) is 3. The maximum Gasteiger partial charge on any atom is 0.303 e. The predicted octanol–water partition coefficient (Wildman–Crippen LogP) is 1.98. The van der Waals surface area contributed by atoms with Crippen LogP contribution in [0.15, 0.2) is 30.3 Å². The minimum absolute atomic E-state index is 0.0396. The number of aromatic amines is 1. The third-order valence-electron chi connectivity index (χ3n) is 3.02. The van der Waals surface area contributed by atoms with Crippen LogP contribution in [0.1, 0.15) is 28.9 Å². The fourth-order valence-electron chi connectivity index (χ4n) is 1.85. The van der Waals surface area contributed by atoms with Crippen molar-refractivity contribution in [1.82, 2.24) is 15.5 Å². The zero-order chi connectivity index (χ0) is 15.2. The number of carboxylic acid groups (broad SMARTS) is 1. The number of H-pyrrole nitrogens is 1. The van der Waals surface area contributed by atoms with Gasteiger partial charge in [-0.15, -0.1) is 0 Å². The number of amides is 1. The number of carbonyl (C=O) groups is 2. The number of hydrogen-bond acceptors (Lipinski definition) is 3. The summed E-state index contributed by atoms with van der Waals surface area (Å²) in [4.78, 5) is 22.2. The van der Waals surface area contributed by atoms with Gasteiger partial charge in [-0.3, -0.25) is 14.7 Å². The summed E-state index contributed by atoms with van der Waals surface area (Å²) in [7, 11) is 0. The highest BCUT2D eigenvalue weighted by Gasteiger charge is 2.10. The van der Waals surface area contributed by atoms with E-state index >= 15 is 0 Å². The van der Waals surface area contributed by atoms with E-state index in [1.165, 1.54) is 0 Å². The molecule has 0 aliphatic carbocycles. The second kappa shape index (κ2) is 6.69. The second-order valence-electron chi connectivity index (χ2n) is 4.79. The molecule has 1 aromatic carbocycles. The van der Waals surface area contributed by atoms with E-state index in [9.17, 15) is 9.59 Å². The van der Waals surface area contributed by atoms with Crippen molar-refractivity contribution < 1.29 is 14.7 Å². The Morgan fingerprint density at radius 1 is 1.29 bits per heavy atom. The highest BCUT2D eigenvalue weighted by Crippen LogP contribution is 2.18. The second-order valence-corrected chi connectivity index (χ2v) is 4.79. The van der Waals surface area contributed by atoms with E-state index in [0.717, 1.165) is 11.1 Å². The van der Waals surface area contributed by atoms with E-state index in [1.54, 1.807) is 6.07 Å². The molecule has 0 fully saturated rings. The molecular formula is C15H17N3O3. The Kier molecular flexibility index (Phi) is 4.71. The topological polar surface area (TPSA) is 95.1 Å². The van der Waals surface area contributed by atoms with Crippen LogP contribution in [0.25, 0.3) is 11.3 Å². The molecule has 0 saturated carbocycles. The van der Waals surface area contributed by atoms with E-state index in [0.29, 0.717) is 24.4 Å². The Morgan fingerprint density at radius 2 is 2.00 bits per heavy atom. The summed E-state index contributed by atoms with van der Waals surface area (Å²) in [6.45, 7) is 2.33. The number of aliphatic carboxylic acids is 1. The molecule has 1 amide bonds. The quantitative estimate of drug-likeness (QED) is 0.708. The third kappa shape index (κ3) is 4.17. The minimum Gasteiger partial charge on any atom is -0.481 e. The fraction of sp³-hybridized carbons (Fsp3) is 0.267. The van der Waals surface area contributed by atoms with Gasteiger partial charge >= 0.3 is 5.97 Å². The van der Waals surface area contributed by atoms with Crippen LogP contribution in [0.4, 0.5) is 0 Å². The molecule has 6 nitrogen and oxygen atoms in total. The van der Waals surface area contributed by atoms with E-state index < -0.39 is 5.97 Å². The average molecular weight is 287 g/mol. The van der Waals surface area contributed by atoms with Crippen LogP contribution < -0.4 is 5.32 Å². The fourth-order valence-corrected chi connectivity index (χ4v) is 1.85. The van der Waals surface area contributed by atoms with Crippen LogP contribution in [0, 0.1) is 6.92 Å². The Morgan fingerprint density at radius 3 is 2.67 bits per heavy atom. The number of benzene rings is 1. The number of carboxylic acids is 1. The van der Waals surface area contributed by atoms with Crippen molar-refractivity contribution in [1.29, 1.82) is 0 Å². The molecule has 0 spiro atoms. The number of aromatic nitrogens is 2. The summed E-state index contributed by atoms with van der Waals surface area (Å²) in [5.74, 6) is -1.15. The monoisotopic (exact) mass is 287 g/mol. The van der Waals surface area contributed by atoms with Crippen LogP contribution in [0.2, 0.25) is 0 Å². The summed E-state index contributed by atoms with van der Waals surface area (Å²) < 4.78 is 0. The van der Waals surface area contributed by atoms with Gasteiger partial charge in [0.2, 0.25) is 0 Å². The van der Waals surface area contributed by atoms with Gasteiger partial charge in [0, 0.05) is 18.5 Å². The first-order chi connectivity index (χ1) is 10.1. The molecule has 0 saturated heterocycles. The molecule has 0 radical (unpaired) electrons. The van der Waals surface area contributed by atoms with Gasteiger partial charge in [0.15, 0.2) is 0 Å². The van der Waals surface area contributed by atoms with Gasteiger partial charge in [-0.25, -0.2) is 0 Å². The predicted molar refractivity (Wildman–Crippen MR) is 78.0 cm³/mol. The van der Waals surface area contributed by atoms with Crippen LogP contribution >= 0.6 is 0 Å². The van der Waals surface area contributed by atoms with E-state index in [4.69, 9.17) is 5.11 Å². The highest BCUT2D eigenvalue weighted by atomic mass is 16.4. The van der Waals surface area contributed by atoms with Crippen molar-refractivity contribution in [3.05, 3.63) is 41.6 Å². The van der Waals surface area contributed by atoms with Crippen LogP contribution in [-0.4, -0.2) is 33.7 Å². The normalized spacial score (nSPS) is 10.3. The van der Waals surface area contributed by atoms with Crippen molar-refractivity contribution in [3.8, 4) is 11.3 Å². The molecule has 2 aromatic rings. The molecular weight excluding hydrogens is 270 g/mol. The molecule has 1 heterocycles. The first-order valence-corrected chi connectivity index (χ1v) is 6.68. The maximum absolute atomic E-state index is 11.9. The molecule has 0 unspecified atom stereocenters. The smallest absolute Gasteiger partial charge is 0.303 e. The number of rotatable bonds is 6. The third-order valence-corrected chi connectivity index (χ3v) is 3.02. The standard InChI is InChI=1S/C15H17N3O3/c1-10-4-6-11(7-5-10)12-9-13(18-17-12)15(21)16-8-2-3-14(19)20/h4-7,9H,2-3,8H2,1H3,(H,16,21)(H,17,18)(H,19,20). The first kappa shape index (κ1) is 14.8. The molecule has 1 aromatic heterocycles. The van der Waals surface area contributed by atoms with E-state index in [1.807, 2.05) is 31.2 Å². The summed E-state index contributed by atoms with van der Waals surface area (Å²) in [5, 5.41) is 18.0. The van der Waals surface area contributed by atoms with Gasteiger partial charge in [-0.2, -0.15) is 5.10 Å². The molecule has 0 atom stereocenters. The van der Waals surface area contributed by atoms with Gasteiger partial charge in [0.25, 0.3) is 5.91 Å². The summed E-state index contributed by atoms with van der Waals surface area (Å²) in [5.41, 5.74) is 3.15. The number of nitrogens with zero attached hydrogens (tertiary/aromatic N) is 1. The van der Waals surface area contributed by atoms with Gasteiger partial charge in [0.05, 0.1) is 5.69 Å². The lowest BCUT2D eigenvalue weighted by molar-refractivity contribution is -0.137. The number of nitrogens with one attached hydrogen (secondary N) is 2. The molecule has 110 valence electrons. The Hall–Kier alpha value is -2.63. The van der Waals surface area contributed by atoms with E-state index in [-0.39, 0.29) is 12.3 Å². The van der Waals surface area contributed by atoms with Gasteiger partial charge in [-0.1, -0.05) is 29.8 Å². The molecule has 3 N–H and O–H groups in total. The van der Waals surface area contributed by atoms with Crippen LogP contribution in [-0.2, 0) is 4.79 Å². The molecule has 6 heteroatoms. The van der Waals surface area contributed by atoms with Crippen molar-refractivity contribution in [2.24, 2.45) is 0 Å². The number of aryl methyl sites for hydroxylation is 1. The van der Waals surface area contributed by atoms with E-state index in [2.05, 4.69) is 15.5 Å². The molecule has 0 aliphatic rings. The lowest BCUT2D eigenvalue weighted by Gasteiger charge is -2.01. The summed E-state index contributed by atoms with van der Waals surface area (Å²) >= 11 is 0. The van der Waals surface area contributed by atoms with Gasteiger partial charge in [-0.05, 0) is 19.4 Å². The lowest BCUT2D eigenvalue weighted by Crippen LogP contribution is -2.25. The maximum atomic E-state index is 11.9. The van der Waals surface area contributed by atoms with Crippen molar-refractivity contribution >= 4 is 11.9 Å². The Labute approximate surface area is 122 Å².